The molecule has 0 aliphatic heterocycles. The summed E-state index contributed by atoms with van der Waals surface area (Å²) >= 11 is 0. The zero-order valence-corrected chi connectivity index (χ0v) is 14.0. The van der Waals surface area contributed by atoms with E-state index in [2.05, 4.69) is 9.97 Å². The highest BCUT2D eigenvalue weighted by atomic mass is 19.4. The number of carbonyl (C=O) groups excluding carboxylic acids is 1. The number of rotatable bonds is 3. The Morgan fingerprint density at radius 2 is 2.07 bits per heavy atom. The van der Waals surface area contributed by atoms with Crippen LogP contribution in [0.4, 0.5) is 13.2 Å². The maximum absolute atomic E-state index is 13.4. The van der Waals surface area contributed by atoms with Crippen LogP contribution >= 0.6 is 0 Å². The van der Waals surface area contributed by atoms with Crippen molar-refractivity contribution in [2.24, 2.45) is 5.73 Å². The van der Waals surface area contributed by atoms with Gasteiger partial charge in [-0.25, -0.2) is 0 Å². The Morgan fingerprint density at radius 1 is 1.33 bits per heavy atom. The average Bonchev–Trinajstić information content (AvgIpc) is 3.06. The van der Waals surface area contributed by atoms with Gasteiger partial charge in [-0.15, -0.1) is 0 Å². The molecule has 0 atom stereocenters. The van der Waals surface area contributed by atoms with Crippen LogP contribution in [0.15, 0.2) is 42.7 Å². The number of hydrogen-bond acceptors (Lipinski definition) is 4. The predicted molar refractivity (Wildman–Crippen MR) is 91.6 cm³/mol. The number of nitrogens with one attached hydrogen (secondary N) is 2. The first-order chi connectivity index (χ1) is 12.7. The fraction of sp³-hybridized carbons (Fsp3) is 0.118. The molecule has 3 aromatic rings. The quantitative estimate of drug-likeness (QED) is 0.480. The second kappa shape index (κ2) is 6.63. The van der Waals surface area contributed by atoms with E-state index in [0.717, 1.165) is 23.1 Å². The summed E-state index contributed by atoms with van der Waals surface area (Å²) in [5, 5.41) is 7.07. The van der Waals surface area contributed by atoms with Gasteiger partial charge in [-0.05, 0) is 30.3 Å². The number of benzene rings is 1. The van der Waals surface area contributed by atoms with Crippen molar-refractivity contribution in [3.05, 3.63) is 54.0 Å². The van der Waals surface area contributed by atoms with Gasteiger partial charge < -0.3 is 15.5 Å². The van der Waals surface area contributed by atoms with Crippen molar-refractivity contribution in [3.63, 3.8) is 0 Å². The van der Waals surface area contributed by atoms with Crippen LogP contribution in [0.3, 0.4) is 0 Å². The summed E-state index contributed by atoms with van der Waals surface area (Å²) in [5.41, 5.74) is 4.18. The van der Waals surface area contributed by atoms with Gasteiger partial charge in [0, 0.05) is 18.6 Å². The molecule has 1 amide bonds. The maximum Gasteiger partial charge on any atom is 0.417 e. The number of fused-ring (bicyclic) bond motifs is 1. The molecule has 0 aliphatic carbocycles. The van der Waals surface area contributed by atoms with Crippen molar-refractivity contribution < 1.29 is 22.7 Å². The summed E-state index contributed by atoms with van der Waals surface area (Å²) in [4.78, 5) is 19.7. The normalized spacial score (nSPS) is 11.4. The lowest BCUT2D eigenvalue weighted by molar-refractivity contribution is -0.136. The number of amides is 1. The molecule has 140 valence electrons. The van der Waals surface area contributed by atoms with Crippen LogP contribution in [0.2, 0.25) is 0 Å². The molecule has 0 saturated carbocycles. The Morgan fingerprint density at radius 3 is 2.67 bits per heavy atom. The van der Waals surface area contributed by atoms with E-state index in [1.807, 2.05) is 0 Å². The maximum atomic E-state index is 13.4. The second-order valence-corrected chi connectivity index (χ2v) is 5.62. The zero-order chi connectivity index (χ0) is 19.8. The van der Waals surface area contributed by atoms with Gasteiger partial charge in [0.05, 0.1) is 17.3 Å². The lowest BCUT2D eigenvalue weighted by atomic mass is 10.1. The van der Waals surface area contributed by atoms with E-state index in [-0.39, 0.29) is 22.3 Å². The minimum absolute atomic E-state index is 0.00557. The fourth-order valence-corrected chi connectivity index (χ4v) is 2.47. The van der Waals surface area contributed by atoms with Gasteiger partial charge in [-0.3, -0.25) is 20.1 Å². The highest BCUT2D eigenvalue weighted by molar-refractivity contribution is 6.06. The summed E-state index contributed by atoms with van der Waals surface area (Å²) in [7, 11) is 1.24. The van der Waals surface area contributed by atoms with E-state index >= 15 is 0 Å². The van der Waals surface area contributed by atoms with Crippen LogP contribution in [-0.2, 0) is 6.18 Å². The number of guanidine groups is 1. The van der Waals surface area contributed by atoms with Crippen LogP contribution in [-0.4, -0.2) is 33.8 Å². The van der Waals surface area contributed by atoms with Gasteiger partial charge in [-0.1, -0.05) is 0 Å². The second-order valence-electron chi connectivity index (χ2n) is 5.62. The molecular formula is C17H14F3N5O2. The van der Waals surface area contributed by atoms with Crippen molar-refractivity contribution in [1.82, 2.24) is 14.9 Å². The number of aromatic amines is 1. The minimum Gasteiger partial charge on any atom is -0.454 e. The molecule has 0 aliphatic rings. The summed E-state index contributed by atoms with van der Waals surface area (Å²) in [6.07, 6.45) is -1.69. The highest BCUT2D eigenvalue weighted by Gasteiger charge is 2.34. The van der Waals surface area contributed by atoms with Gasteiger partial charge >= 0.3 is 6.18 Å². The van der Waals surface area contributed by atoms with Crippen molar-refractivity contribution in [1.29, 1.82) is 5.41 Å². The number of halogens is 3. The molecule has 3 rings (SSSR count). The third-order valence-corrected chi connectivity index (χ3v) is 3.82. The molecule has 0 unspecified atom stereocenters. The molecular weight excluding hydrogens is 363 g/mol. The van der Waals surface area contributed by atoms with Crippen molar-refractivity contribution in [3.8, 4) is 11.5 Å². The first-order valence-electron chi connectivity index (χ1n) is 7.61. The minimum atomic E-state index is -4.62. The zero-order valence-electron chi connectivity index (χ0n) is 14.0. The van der Waals surface area contributed by atoms with Gasteiger partial charge in [0.1, 0.15) is 11.4 Å². The number of carbonyl (C=O) groups is 1. The lowest BCUT2D eigenvalue weighted by Crippen LogP contribution is -2.38. The van der Waals surface area contributed by atoms with Crippen molar-refractivity contribution in [2.75, 3.05) is 7.05 Å². The van der Waals surface area contributed by atoms with Crippen LogP contribution in [0.5, 0.6) is 11.5 Å². The summed E-state index contributed by atoms with van der Waals surface area (Å²) in [6.45, 7) is 0. The van der Waals surface area contributed by atoms with E-state index in [1.54, 1.807) is 12.1 Å². The molecule has 27 heavy (non-hydrogen) atoms. The Labute approximate surface area is 151 Å². The van der Waals surface area contributed by atoms with Crippen molar-refractivity contribution in [2.45, 2.75) is 6.18 Å². The van der Waals surface area contributed by atoms with Crippen LogP contribution < -0.4 is 10.5 Å². The lowest BCUT2D eigenvalue weighted by Gasteiger charge is -2.12. The molecule has 10 heteroatoms. The Balaban J connectivity index is 2.15. The predicted octanol–water partition coefficient (Wildman–Crippen LogP) is 3.34. The molecule has 0 radical (unpaired) electrons. The van der Waals surface area contributed by atoms with E-state index in [9.17, 15) is 18.0 Å². The summed E-state index contributed by atoms with van der Waals surface area (Å²) in [6, 6.07) is 6.32. The van der Waals surface area contributed by atoms with Crippen LogP contribution in [0, 0.1) is 5.41 Å². The van der Waals surface area contributed by atoms with Gasteiger partial charge in [0.15, 0.2) is 11.7 Å². The molecule has 4 N–H and O–H groups in total. The number of aromatic nitrogens is 2. The number of hydrogen-bond donors (Lipinski definition) is 3. The SMILES string of the molecule is CN(C(=N)N)C(=O)c1cc2c(C(F)(F)F)ccc(Oc3cccnc3)c2[nH]1. The number of ether oxygens (including phenoxy) is 1. The standard InChI is InChI=1S/C17H14F3N5O2/c1-25(16(21)22)15(26)12-7-10-11(17(18,19)20)4-5-13(14(10)24-12)27-9-3-2-6-23-8-9/h2-8,24H,1H3,(H3,21,22). The molecule has 2 aromatic heterocycles. The molecule has 0 fully saturated rings. The Hall–Kier alpha value is -3.56. The van der Waals surface area contributed by atoms with Gasteiger partial charge in [0.25, 0.3) is 5.91 Å². The molecule has 0 spiro atoms. The van der Waals surface area contributed by atoms with Crippen molar-refractivity contribution >= 4 is 22.8 Å². The van der Waals surface area contributed by atoms with E-state index in [4.69, 9.17) is 15.9 Å². The third-order valence-electron chi connectivity index (χ3n) is 3.82. The Kier molecular flexibility index (Phi) is 4.48. The van der Waals surface area contributed by atoms with E-state index < -0.39 is 23.6 Å². The van der Waals surface area contributed by atoms with Gasteiger partial charge in [0.2, 0.25) is 0 Å². The number of alkyl halides is 3. The van der Waals surface area contributed by atoms with E-state index in [0.29, 0.717) is 5.75 Å². The average molecular weight is 377 g/mol. The molecule has 0 bridgehead atoms. The Bertz CT molecular complexity index is 1010. The third kappa shape index (κ3) is 3.54. The topological polar surface area (TPSA) is 108 Å². The molecule has 1 aromatic carbocycles. The first-order valence-corrected chi connectivity index (χ1v) is 7.61. The fourth-order valence-electron chi connectivity index (χ4n) is 2.47. The number of pyridine rings is 1. The number of nitrogens with zero attached hydrogens (tertiary/aromatic N) is 2. The first kappa shape index (κ1) is 18.2. The summed E-state index contributed by atoms with van der Waals surface area (Å²) in [5.74, 6) is -0.877. The highest BCUT2D eigenvalue weighted by Crippen LogP contribution is 2.39. The van der Waals surface area contributed by atoms with E-state index in [1.165, 1.54) is 19.4 Å². The van der Waals surface area contributed by atoms with Crippen LogP contribution in [0.25, 0.3) is 10.9 Å². The molecule has 7 nitrogen and oxygen atoms in total. The smallest absolute Gasteiger partial charge is 0.417 e. The number of H-pyrrole nitrogens is 1. The summed E-state index contributed by atoms with van der Waals surface area (Å²) < 4.78 is 45.7. The largest absolute Gasteiger partial charge is 0.454 e. The molecule has 0 saturated heterocycles. The van der Waals surface area contributed by atoms with Crippen LogP contribution in [0.1, 0.15) is 16.1 Å². The number of nitrogens with two attached hydrogens (primary N) is 1. The molecule has 2 heterocycles. The van der Waals surface area contributed by atoms with Gasteiger partial charge in [-0.2, -0.15) is 13.2 Å². The monoisotopic (exact) mass is 377 g/mol.